The van der Waals surface area contributed by atoms with Crippen LogP contribution in [-0.4, -0.2) is 35.5 Å². The van der Waals surface area contributed by atoms with Crippen LogP contribution in [0.1, 0.15) is 27.2 Å². The first-order valence-electron chi connectivity index (χ1n) is 5.25. The van der Waals surface area contributed by atoms with Crippen LogP contribution in [0.5, 0.6) is 0 Å². The number of carbonyl (C=O) groups is 1. The number of thioether (sulfide) groups is 1. The van der Waals surface area contributed by atoms with Crippen molar-refractivity contribution < 1.29 is 4.79 Å². The van der Waals surface area contributed by atoms with Crippen LogP contribution in [0, 0.1) is 0 Å². The minimum Gasteiger partial charge on any atom is -0.360 e. The fraction of sp³-hybridized carbons (Fsp3) is 0.800. The van der Waals surface area contributed by atoms with E-state index in [1.807, 2.05) is 6.92 Å². The summed E-state index contributed by atoms with van der Waals surface area (Å²) in [4.78, 5) is 15.4. The summed E-state index contributed by atoms with van der Waals surface area (Å²) < 4.78 is 0. The summed E-state index contributed by atoms with van der Waals surface area (Å²) in [6.45, 7) is 7.08. The van der Waals surface area contributed by atoms with E-state index in [4.69, 9.17) is 0 Å². The molecule has 4 nitrogen and oxygen atoms in total. The monoisotopic (exact) mass is 229 g/mol. The highest BCUT2D eigenvalue weighted by Gasteiger charge is 2.24. The van der Waals surface area contributed by atoms with Gasteiger partial charge in [0, 0.05) is 17.8 Å². The van der Waals surface area contributed by atoms with Gasteiger partial charge >= 0.3 is 0 Å². The van der Waals surface area contributed by atoms with Gasteiger partial charge in [0.25, 0.3) is 0 Å². The molecule has 2 N–H and O–H groups in total. The third-order valence-electron chi connectivity index (χ3n) is 2.15. The van der Waals surface area contributed by atoms with Crippen LogP contribution in [0.4, 0.5) is 0 Å². The van der Waals surface area contributed by atoms with Crippen molar-refractivity contribution in [2.24, 2.45) is 4.99 Å². The Hall–Kier alpha value is -0.710. The standard InChI is InChI=1S/C10H19N3OS/c1-4-11-8(14)7-12-9-13-10(2,3)5-6-15-9/h4-7H2,1-3H3,(H,11,14)(H,12,13). The number of aliphatic imine (C=N–C) groups is 1. The Balaban J connectivity index is 2.42. The molecule has 0 spiro atoms. The van der Waals surface area contributed by atoms with Gasteiger partial charge in [-0.1, -0.05) is 11.8 Å². The lowest BCUT2D eigenvalue weighted by molar-refractivity contribution is -0.119. The second-order valence-corrected chi connectivity index (χ2v) is 5.27. The highest BCUT2D eigenvalue weighted by molar-refractivity contribution is 8.13. The van der Waals surface area contributed by atoms with Crippen molar-refractivity contribution in [3.8, 4) is 0 Å². The van der Waals surface area contributed by atoms with Crippen LogP contribution in [0.3, 0.4) is 0 Å². The van der Waals surface area contributed by atoms with Crippen LogP contribution in [-0.2, 0) is 4.79 Å². The van der Waals surface area contributed by atoms with E-state index in [0.717, 1.165) is 17.3 Å². The average molecular weight is 229 g/mol. The summed E-state index contributed by atoms with van der Waals surface area (Å²) in [5.74, 6) is 1.05. The molecule has 1 amide bonds. The molecule has 1 aliphatic rings. The van der Waals surface area contributed by atoms with Crippen LogP contribution < -0.4 is 10.6 Å². The highest BCUT2D eigenvalue weighted by Crippen LogP contribution is 2.21. The average Bonchev–Trinajstić information content (AvgIpc) is 2.14. The Labute approximate surface area is 95.3 Å². The Morgan fingerprint density at radius 1 is 1.67 bits per heavy atom. The second-order valence-electron chi connectivity index (χ2n) is 4.18. The summed E-state index contributed by atoms with van der Waals surface area (Å²) >= 11 is 1.68. The van der Waals surface area contributed by atoms with E-state index in [-0.39, 0.29) is 18.0 Å². The molecule has 0 aliphatic carbocycles. The number of likely N-dealkylation sites (N-methyl/N-ethyl adjacent to an activating group) is 1. The Bertz CT molecular complexity index is 263. The molecule has 0 aromatic heterocycles. The minimum atomic E-state index is -0.0178. The summed E-state index contributed by atoms with van der Waals surface area (Å²) in [6.07, 6.45) is 1.12. The van der Waals surface area contributed by atoms with Crippen molar-refractivity contribution in [2.45, 2.75) is 32.7 Å². The minimum absolute atomic E-state index is 0.0178. The van der Waals surface area contributed by atoms with Crippen LogP contribution in [0.15, 0.2) is 4.99 Å². The quantitative estimate of drug-likeness (QED) is 0.758. The predicted octanol–water partition coefficient (Wildman–Crippen LogP) is 0.984. The van der Waals surface area contributed by atoms with Crippen LogP contribution >= 0.6 is 11.8 Å². The number of nitrogens with zero attached hydrogens (tertiary/aromatic N) is 1. The zero-order valence-electron chi connectivity index (χ0n) is 9.59. The molecule has 86 valence electrons. The van der Waals surface area contributed by atoms with Gasteiger partial charge in [-0.25, -0.2) is 0 Å². The van der Waals surface area contributed by atoms with Crippen molar-refractivity contribution in [3.63, 3.8) is 0 Å². The van der Waals surface area contributed by atoms with Gasteiger partial charge in [0.1, 0.15) is 6.54 Å². The molecule has 1 heterocycles. The maximum atomic E-state index is 11.2. The molecule has 0 unspecified atom stereocenters. The van der Waals surface area contributed by atoms with Crippen molar-refractivity contribution in [1.82, 2.24) is 10.6 Å². The van der Waals surface area contributed by atoms with E-state index < -0.39 is 0 Å². The summed E-state index contributed by atoms with van der Waals surface area (Å²) in [7, 11) is 0. The second kappa shape index (κ2) is 5.39. The zero-order chi connectivity index (χ0) is 11.3. The van der Waals surface area contributed by atoms with Gasteiger partial charge in [0.2, 0.25) is 5.91 Å². The smallest absolute Gasteiger partial charge is 0.241 e. The molecule has 15 heavy (non-hydrogen) atoms. The number of carbonyl (C=O) groups excluding carboxylic acids is 1. The Morgan fingerprint density at radius 3 is 3.00 bits per heavy atom. The lowest BCUT2D eigenvalue weighted by atomic mass is 10.0. The lowest BCUT2D eigenvalue weighted by Gasteiger charge is -2.32. The Kier molecular flexibility index (Phi) is 4.45. The SMILES string of the molecule is CCNC(=O)CN=C1NC(C)(C)CCS1. The van der Waals surface area contributed by atoms with E-state index in [1.165, 1.54) is 0 Å². The molecule has 0 radical (unpaired) electrons. The molecule has 0 atom stereocenters. The number of rotatable bonds is 3. The lowest BCUT2D eigenvalue weighted by Crippen LogP contribution is -2.46. The molecule has 1 aliphatic heterocycles. The van der Waals surface area contributed by atoms with Gasteiger partial charge in [-0.15, -0.1) is 0 Å². The zero-order valence-corrected chi connectivity index (χ0v) is 10.4. The third kappa shape index (κ3) is 4.55. The van der Waals surface area contributed by atoms with Gasteiger partial charge in [0.15, 0.2) is 5.17 Å². The summed E-state index contributed by atoms with van der Waals surface area (Å²) in [5.41, 5.74) is 0.102. The highest BCUT2D eigenvalue weighted by atomic mass is 32.2. The van der Waals surface area contributed by atoms with Gasteiger partial charge in [-0.2, -0.15) is 0 Å². The molecule has 1 rings (SSSR count). The fourth-order valence-electron chi connectivity index (χ4n) is 1.27. The number of hydrogen-bond acceptors (Lipinski definition) is 3. The normalized spacial score (nSPS) is 22.2. The van der Waals surface area contributed by atoms with Gasteiger partial charge in [0.05, 0.1) is 0 Å². The van der Waals surface area contributed by atoms with E-state index in [9.17, 15) is 4.79 Å². The molecular formula is C10H19N3OS. The van der Waals surface area contributed by atoms with E-state index >= 15 is 0 Å². The molecule has 1 saturated heterocycles. The molecule has 0 saturated carbocycles. The molecular weight excluding hydrogens is 210 g/mol. The first-order chi connectivity index (χ1) is 7.03. The summed E-state index contributed by atoms with van der Waals surface area (Å²) in [6, 6.07) is 0. The predicted molar refractivity (Wildman–Crippen MR) is 65.3 cm³/mol. The molecule has 0 bridgehead atoms. The fourth-order valence-corrected chi connectivity index (χ4v) is 2.58. The Morgan fingerprint density at radius 2 is 2.40 bits per heavy atom. The topological polar surface area (TPSA) is 53.5 Å². The summed E-state index contributed by atoms with van der Waals surface area (Å²) in [5, 5.41) is 6.93. The van der Waals surface area contributed by atoms with E-state index in [0.29, 0.717) is 6.54 Å². The van der Waals surface area contributed by atoms with E-state index in [2.05, 4.69) is 29.5 Å². The number of amides is 1. The first-order valence-corrected chi connectivity index (χ1v) is 6.24. The van der Waals surface area contributed by atoms with Gasteiger partial charge in [-0.05, 0) is 27.2 Å². The van der Waals surface area contributed by atoms with Crippen molar-refractivity contribution in [2.75, 3.05) is 18.8 Å². The molecule has 0 aromatic rings. The number of hydrogen-bond donors (Lipinski definition) is 2. The van der Waals surface area contributed by atoms with Crippen LogP contribution in [0.2, 0.25) is 0 Å². The number of amidine groups is 1. The van der Waals surface area contributed by atoms with Crippen molar-refractivity contribution in [1.29, 1.82) is 0 Å². The third-order valence-corrected chi connectivity index (χ3v) is 3.06. The van der Waals surface area contributed by atoms with Gasteiger partial charge in [-0.3, -0.25) is 9.79 Å². The maximum absolute atomic E-state index is 11.2. The number of nitrogens with one attached hydrogen (secondary N) is 2. The first kappa shape index (κ1) is 12.4. The van der Waals surface area contributed by atoms with Gasteiger partial charge < -0.3 is 10.6 Å². The van der Waals surface area contributed by atoms with E-state index in [1.54, 1.807) is 11.8 Å². The van der Waals surface area contributed by atoms with Crippen LogP contribution in [0.25, 0.3) is 0 Å². The van der Waals surface area contributed by atoms with Crippen molar-refractivity contribution in [3.05, 3.63) is 0 Å². The van der Waals surface area contributed by atoms with Crippen molar-refractivity contribution >= 4 is 22.8 Å². The molecule has 0 aromatic carbocycles. The molecule has 5 heteroatoms. The largest absolute Gasteiger partial charge is 0.360 e. The maximum Gasteiger partial charge on any atom is 0.241 e. The molecule has 1 fully saturated rings.